The van der Waals surface area contributed by atoms with E-state index in [4.69, 9.17) is 0 Å². The van der Waals surface area contributed by atoms with Gasteiger partial charge in [-0.3, -0.25) is 14.9 Å². The van der Waals surface area contributed by atoms with Gasteiger partial charge in [-0.05, 0) is 25.0 Å². The predicted octanol–water partition coefficient (Wildman–Crippen LogP) is 2.09. The van der Waals surface area contributed by atoms with Crippen LogP contribution in [0.5, 0.6) is 0 Å². The average molecular weight is 303 g/mol. The van der Waals surface area contributed by atoms with Crippen molar-refractivity contribution in [2.45, 2.75) is 32.7 Å². The van der Waals surface area contributed by atoms with E-state index in [1.165, 1.54) is 29.5 Å². The van der Waals surface area contributed by atoms with E-state index in [1.807, 2.05) is 13.8 Å². The number of amides is 1. The summed E-state index contributed by atoms with van der Waals surface area (Å²) < 4.78 is 1.29. The van der Waals surface area contributed by atoms with E-state index >= 15 is 0 Å². The number of carbonyl (C=O) groups is 1. The Balaban J connectivity index is 2.34. The molecule has 0 aliphatic rings. The zero-order valence-corrected chi connectivity index (χ0v) is 12.4. The normalized spacial score (nSPS) is 10.7. The van der Waals surface area contributed by atoms with Crippen molar-refractivity contribution >= 4 is 11.6 Å². The van der Waals surface area contributed by atoms with Gasteiger partial charge in [0.1, 0.15) is 18.3 Å². The van der Waals surface area contributed by atoms with Gasteiger partial charge < -0.3 is 5.32 Å². The Morgan fingerprint density at radius 3 is 2.68 bits per heavy atom. The summed E-state index contributed by atoms with van der Waals surface area (Å²) >= 11 is 0. The molecule has 1 heterocycles. The van der Waals surface area contributed by atoms with Crippen molar-refractivity contribution in [3.8, 4) is 5.69 Å². The predicted molar refractivity (Wildman–Crippen MR) is 79.8 cm³/mol. The monoisotopic (exact) mass is 303 g/mol. The Morgan fingerprint density at radius 2 is 2.14 bits per heavy atom. The van der Waals surface area contributed by atoms with E-state index in [-0.39, 0.29) is 28.9 Å². The number of rotatable bonds is 6. The summed E-state index contributed by atoms with van der Waals surface area (Å²) in [4.78, 5) is 26.6. The van der Waals surface area contributed by atoms with Gasteiger partial charge in [0.15, 0.2) is 0 Å². The number of nitrogens with one attached hydrogen (secondary N) is 1. The number of benzene rings is 1. The third-order valence-corrected chi connectivity index (χ3v) is 3.42. The van der Waals surface area contributed by atoms with Crippen LogP contribution in [-0.2, 0) is 0 Å². The largest absolute Gasteiger partial charge is 0.349 e. The van der Waals surface area contributed by atoms with Crippen LogP contribution < -0.4 is 5.32 Å². The van der Waals surface area contributed by atoms with Crippen LogP contribution in [0.1, 0.15) is 37.0 Å². The molecule has 0 bridgehead atoms. The highest BCUT2D eigenvalue weighted by molar-refractivity contribution is 5.95. The lowest BCUT2D eigenvalue weighted by Crippen LogP contribution is -2.33. The Bertz CT molecular complexity index is 665. The number of nitrogens with zero attached hydrogens (tertiary/aromatic N) is 4. The van der Waals surface area contributed by atoms with Crippen molar-refractivity contribution in [2.24, 2.45) is 0 Å². The van der Waals surface area contributed by atoms with Crippen molar-refractivity contribution < 1.29 is 9.72 Å². The van der Waals surface area contributed by atoms with Crippen LogP contribution in [0.4, 0.5) is 5.69 Å². The molecule has 0 saturated carbocycles. The fraction of sp³-hybridized carbons (Fsp3) is 0.357. The zero-order valence-electron chi connectivity index (χ0n) is 12.4. The first-order chi connectivity index (χ1) is 10.6. The summed E-state index contributed by atoms with van der Waals surface area (Å²) in [6.07, 6.45) is 4.27. The summed E-state index contributed by atoms with van der Waals surface area (Å²) in [6.45, 7) is 3.95. The number of aromatic nitrogens is 3. The lowest BCUT2D eigenvalue weighted by molar-refractivity contribution is -0.384. The summed E-state index contributed by atoms with van der Waals surface area (Å²) in [5.74, 6) is -0.318. The van der Waals surface area contributed by atoms with E-state index in [0.29, 0.717) is 0 Å². The fourth-order valence-electron chi connectivity index (χ4n) is 2.10. The topological polar surface area (TPSA) is 103 Å². The second kappa shape index (κ2) is 6.79. The maximum Gasteiger partial charge on any atom is 0.295 e. The Hall–Kier alpha value is -2.77. The molecule has 1 amide bonds. The van der Waals surface area contributed by atoms with Gasteiger partial charge in [-0.25, -0.2) is 9.67 Å². The minimum absolute atomic E-state index is 0.0570. The molecule has 0 saturated heterocycles. The molecule has 0 unspecified atom stereocenters. The van der Waals surface area contributed by atoms with Crippen LogP contribution in [0, 0.1) is 10.1 Å². The Labute approximate surface area is 127 Å². The SMILES string of the molecule is CCC(CC)NC(=O)c1ccc(-n2cncn2)c([N+](=O)[O-])c1. The third-order valence-electron chi connectivity index (χ3n) is 3.42. The second-order valence-corrected chi connectivity index (χ2v) is 4.79. The number of hydrogen-bond acceptors (Lipinski definition) is 5. The summed E-state index contributed by atoms with van der Waals surface area (Å²) in [6, 6.07) is 4.35. The van der Waals surface area contributed by atoms with E-state index < -0.39 is 4.92 Å². The molecule has 8 nitrogen and oxygen atoms in total. The van der Waals surface area contributed by atoms with Crippen LogP contribution in [0.15, 0.2) is 30.9 Å². The van der Waals surface area contributed by atoms with Crippen molar-refractivity contribution in [3.63, 3.8) is 0 Å². The second-order valence-electron chi connectivity index (χ2n) is 4.79. The first-order valence-electron chi connectivity index (χ1n) is 7.01. The fourth-order valence-corrected chi connectivity index (χ4v) is 2.10. The highest BCUT2D eigenvalue weighted by Crippen LogP contribution is 2.23. The molecular weight excluding hydrogens is 286 g/mol. The van der Waals surface area contributed by atoms with E-state index in [2.05, 4.69) is 15.4 Å². The molecule has 0 aliphatic heterocycles. The van der Waals surface area contributed by atoms with Crippen LogP contribution in [-0.4, -0.2) is 31.6 Å². The molecular formula is C14H17N5O3. The summed E-state index contributed by atoms with van der Waals surface area (Å²) in [5, 5.41) is 18.0. The number of carbonyl (C=O) groups excluding carboxylic acids is 1. The highest BCUT2D eigenvalue weighted by atomic mass is 16.6. The molecule has 8 heteroatoms. The van der Waals surface area contributed by atoms with Gasteiger partial charge in [0.05, 0.1) is 4.92 Å². The van der Waals surface area contributed by atoms with E-state index in [0.717, 1.165) is 12.8 Å². The van der Waals surface area contributed by atoms with E-state index in [9.17, 15) is 14.9 Å². The molecule has 1 aromatic heterocycles. The van der Waals surface area contributed by atoms with Crippen LogP contribution >= 0.6 is 0 Å². The quantitative estimate of drug-likeness (QED) is 0.650. The molecule has 0 radical (unpaired) electrons. The van der Waals surface area contributed by atoms with Gasteiger partial charge in [0.25, 0.3) is 11.6 Å². The van der Waals surface area contributed by atoms with Gasteiger partial charge in [-0.15, -0.1) is 0 Å². The molecule has 22 heavy (non-hydrogen) atoms. The molecule has 0 atom stereocenters. The molecule has 0 fully saturated rings. The number of hydrogen-bond donors (Lipinski definition) is 1. The first kappa shape index (κ1) is 15.6. The maximum absolute atomic E-state index is 12.2. The summed E-state index contributed by atoms with van der Waals surface area (Å²) in [7, 11) is 0. The first-order valence-corrected chi connectivity index (χ1v) is 7.01. The van der Waals surface area contributed by atoms with Gasteiger partial charge in [0.2, 0.25) is 0 Å². The number of nitro benzene ring substituents is 1. The lowest BCUT2D eigenvalue weighted by Gasteiger charge is -2.14. The van der Waals surface area contributed by atoms with Gasteiger partial charge in [0, 0.05) is 17.7 Å². The van der Waals surface area contributed by atoms with Crippen LogP contribution in [0.3, 0.4) is 0 Å². The molecule has 1 N–H and O–H groups in total. The van der Waals surface area contributed by atoms with Crippen molar-refractivity contribution in [1.82, 2.24) is 20.1 Å². The van der Waals surface area contributed by atoms with Crippen molar-refractivity contribution in [1.29, 1.82) is 0 Å². The lowest BCUT2D eigenvalue weighted by atomic mass is 10.1. The standard InChI is InChI=1S/C14H17N5O3/c1-3-11(4-2)17-14(20)10-5-6-12(13(7-10)19(21)22)18-9-15-8-16-18/h5-9,11H,3-4H2,1-2H3,(H,17,20). The molecule has 116 valence electrons. The summed E-state index contributed by atoms with van der Waals surface area (Å²) in [5.41, 5.74) is 0.326. The Morgan fingerprint density at radius 1 is 1.41 bits per heavy atom. The molecule has 2 aromatic rings. The van der Waals surface area contributed by atoms with Crippen LogP contribution in [0.25, 0.3) is 5.69 Å². The number of nitro groups is 1. The van der Waals surface area contributed by atoms with Gasteiger partial charge in [-0.1, -0.05) is 13.8 Å². The molecule has 0 aliphatic carbocycles. The molecule has 2 rings (SSSR count). The van der Waals surface area contributed by atoms with Gasteiger partial charge >= 0.3 is 0 Å². The van der Waals surface area contributed by atoms with Crippen LogP contribution in [0.2, 0.25) is 0 Å². The average Bonchev–Trinajstić information content (AvgIpc) is 3.05. The highest BCUT2D eigenvalue weighted by Gasteiger charge is 2.20. The third kappa shape index (κ3) is 3.27. The minimum Gasteiger partial charge on any atom is -0.349 e. The van der Waals surface area contributed by atoms with Crippen molar-refractivity contribution in [2.75, 3.05) is 0 Å². The molecule has 0 spiro atoms. The molecule has 1 aromatic carbocycles. The van der Waals surface area contributed by atoms with E-state index in [1.54, 1.807) is 6.07 Å². The van der Waals surface area contributed by atoms with Crippen molar-refractivity contribution in [3.05, 3.63) is 46.5 Å². The Kier molecular flexibility index (Phi) is 4.82. The maximum atomic E-state index is 12.2. The van der Waals surface area contributed by atoms with Gasteiger partial charge in [-0.2, -0.15) is 5.10 Å². The smallest absolute Gasteiger partial charge is 0.295 e. The minimum atomic E-state index is -0.537. The zero-order chi connectivity index (χ0) is 16.1.